The molecule has 1 aliphatic heterocycles. The highest BCUT2D eigenvalue weighted by molar-refractivity contribution is 7.08. The number of aromatic nitrogens is 1. The topological polar surface area (TPSA) is 54.5 Å². The number of carbonyl (C=O) groups excluding carboxylic acids is 1. The zero-order chi connectivity index (χ0) is 20.6. The highest BCUT2D eigenvalue weighted by Crippen LogP contribution is 2.42. The van der Waals surface area contributed by atoms with Gasteiger partial charge in [0.25, 0.3) is 0 Å². The summed E-state index contributed by atoms with van der Waals surface area (Å²) in [5.41, 5.74) is 2.26. The molecule has 0 bridgehead atoms. The van der Waals surface area contributed by atoms with Crippen molar-refractivity contribution in [2.75, 3.05) is 23.9 Å². The van der Waals surface area contributed by atoms with Gasteiger partial charge in [0.2, 0.25) is 0 Å². The smallest absolute Gasteiger partial charge is 0.420 e. The van der Waals surface area contributed by atoms with Crippen LogP contribution >= 0.6 is 11.3 Å². The van der Waals surface area contributed by atoms with Crippen molar-refractivity contribution in [3.05, 3.63) is 58.5 Å². The lowest BCUT2D eigenvalue weighted by Gasteiger charge is -2.20. The lowest BCUT2D eigenvalue weighted by molar-refractivity contribution is -0.138. The van der Waals surface area contributed by atoms with Crippen LogP contribution in [0.1, 0.15) is 11.1 Å². The van der Waals surface area contributed by atoms with Gasteiger partial charge in [-0.3, -0.25) is 9.88 Å². The maximum absolute atomic E-state index is 13.4. The number of hydrogen-bond acceptors (Lipinski definition) is 4. The van der Waals surface area contributed by atoms with Gasteiger partial charge in [-0.1, -0.05) is 0 Å². The maximum Gasteiger partial charge on any atom is 0.420 e. The van der Waals surface area contributed by atoms with Crippen molar-refractivity contribution in [1.82, 2.24) is 4.98 Å². The number of rotatable bonds is 3. The molecule has 0 fully saturated rings. The van der Waals surface area contributed by atoms with E-state index in [1.54, 1.807) is 23.6 Å². The first-order valence-corrected chi connectivity index (χ1v) is 9.65. The Morgan fingerprint density at radius 3 is 2.76 bits per heavy atom. The summed E-state index contributed by atoms with van der Waals surface area (Å²) >= 11 is 1.55. The van der Waals surface area contributed by atoms with Crippen molar-refractivity contribution in [1.29, 1.82) is 0 Å². The summed E-state index contributed by atoms with van der Waals surface area (Å²) in [5.74, 6) is -0.244. The molecule has 1 aromatic carbocycles. The Bertz CT molecular complexity index is 1050. The molecule has 0 saturated carbocycles. The molecule has 0 radical (unpaired) electrons. The van der Waals surface area contributed by atoms with Gasteiger partial charge >= 0.3 is 12.2 Å². The van der Waals surface area contributed by atoms with Crippen molar-refractivity contribution in [3.63, 3.8) is 0 Å². The molecule has 0 atom stereocenters. The number of carbonyl (C=O) groups is 1. The van der Waals surface area contributed by atoms with Crippen LogP contribution in [0.2, 0.25) is 0 Å². The summed E-state index contributed by atoms with van der Waals surface area (Å²) in [6.07, 6.45) is -0.945. The number of anilines is 2. The number of halogens is 3. The van der Waals surface area contributed by atoms with E-state index in [1.807, 2.05) is 16.8 Å². The van der Waals surface area contributed by atoms with Crippen LogP contribution in [0.4, 0.5) is 29.3 Å². The van der Waals surface area contributed by atoms with Crippen molar-refractivity contribution in [2.45, 2.75) is 12.6 Å². The first kappa shape index (κ1) is 19.3. The van der Waals surface area contributed by atoms with Gasteiger partial charge in [-0.2, -0.15) is 24.5 Å². The van der Waals surface area contributed by atoms with E-state index in [4.69, 9.17) is 4.74 Å². The molecular weight excluding hydrogens is 403 g/mol. The molecule has 5 nitrogen and oxygen atoms in total. The second kappa shape index (κ2) is 7.40. The van der Waals surface area contributed by atoms with Gasteiger partial charge in [0.1, 0.15) is 5.75 Å². The number of benzene rings is 1. The molecule has 1 aliphatic rings. The van der Waals surface area contributed by atoms with Crippen molar-refractivity contribution in [2.24, 2.45) is 0 Å². The molecular formula is C20H16F3N3O2S. The van der Waals surface area contributed by atoms with E-state index in [9.17, 15) is 18.0 Å². The van der Waals surface area contributed by atoms with Crippen LogP contribution in [0.15, 0.2) is 47.4 Å². The lowest BCUT2D eigenvalue weighted by Crippen LogP contribution is -2.33. The number of amides is 2. The van der Waals surface area contributed by atoms with Crippen LogP contribution in [-0.4, -0.2) is 24.7 Å². The van der Waals surface area contributed by atoms with Crippen molar-refractivity contribution < 1.29 is 22.7 Å². The van der Waals surface area contributed by atoms with Crippen LogP contribution in [0.3, 0.4) is 0 Å². The number of methoxy groups -OCH3 is 1. The van der Waals surface area contributed by atoms with Gasteiger partial charge in [-0.05, 0) is 52.6 Å². The van der Waals surface area contributed by atoms with Crippen LogP contribution in [0, 0.1) is 0 Å². The third-order valence-electron chi connectivity index (χ3n) is 4.69. The molecule has 0 saturated heterocycles. The maximum atomic E-state index is 13.4. The Hall–Kier alpha value is -3.07. The number of fused-ring (bicyclic) bond motifs is 1. The summed E-state index contributed by atoms with van der Waals surface area (Å²) < 4.78 is 44.9. The van der Waals surface area contributed by atoms with Gasteiger partial charge in [0, 0.05) is 24.0 Å². The Morgan fingerprint density at radius 1 is 1.24 bits per heavy atom. The number of ether oxygens (including phenoxy) is 1. The van der Waals surface area contributed by atoms with Crippen LogP contribution in [-0.2, 0) is 12.6 Å². The van der Waals surface area contributed by atoms with Gasteiger partial charge in [-0.25, -0.2) is 4.79 Å². The highest BCUT2D eigenvalue weighted by Gasteiger charge is 2.37. The molecule has 3 aromatic rings. The number of nitrogens with one attached hydrogen (secondary N) is 1. The zero-order valence-corrected chi connectivity index (χ0v) is 16.1. The van der Waals surface area contributed by atoms with Gasteiger partial charge < -0.3 is 10.1 Å². The molecule has 2 amide bonds. The van der Waals surface area contributed by atoms with Crippen LogP contribution in [0.5, 0.6) is 5.75 Å². The number of alkyl halides is 3. The molecule has 29 heavy (non-hydrogen) atoms. The minimum Gasteiger partial charge on any atom is -0.496 e. The summed E-state index contributed by atoms with van der Waals surface area (Å²) in [7, 11) is 1.20. The zero-order valence-electron chi connectivity index (χ0n) is 15.3. The third-order valence-corrected chi connectivity index (χ3v) is 5.37. The Kier molecular flexibility index (Phi) is 4.91. The lowest BCUT2D eigenvalue weighted by atomic mass is 10.1. The van der Waals surface area contributed by atoms with E-state index in [-0.39, 0.29) is 18.0 Å². The largest absolute Gasteiger partial charge is 0.496 e. The third kappa shape index (κ3) is 3.77. The SMILES string of the molecule is COc1cc2c(cc1C(F)(F)F)N(C(=O)Nc1cncc(-c3ccsc3)c1)CC2. The summed E-state index contributed by atoms with van der Waals surface area (Å²) in [4.78, 5) is 18.2. The molecule has 0 spiro atoms. The normalized spacial score (nSPS) is 13.3. The second-order valence-corrected chi connectivity index (χ2v) is 7.27. The van der Waals surface area contributed by atoms with E-state index in [0.717, 1.165) is 17.2 Å². The number of nitrogens with zero attached hydrogens (tertiary/aromatic N) is 2. The molecule has 2 aromatic heterocycles. The molecule has 3 heterocycles. The van der Waals surface area contributed by atoms with E-state index in [1.165, 1.54) is 24.3 Å². The van der Waals surface area contributed by atoms with Crippen molar-refractivity contribution in [3.8, 4) is 16.9 Å². The summed E-state index contributed by atoms with van der Waals surface area (Å²) in [5, 5.41) is 6.63. The Labute approximate surface area is 168 Å². The molecule has 0 aliphatic carbocycles. The fourth-order valence-corrected chi connectivity index (χ4v) is 3.97. The first-order chi connectivity index (χ1) is 13.9. The second-order valence-electron chi connectivity index (χ2n) is 6.49. The molecule has 0 unspecified atom stereocenters. The fourth-order valence-electron chi connectivity index (χ4n) is 3.30. The predicted molar refractivity (Wildman–Crippen MR) is 106 cm³/mol. The van der Waals surface area contributed by atoms with E-state index < -0.39 is 17.8 Å². The van der Waals surface area contributed by atoms with Crippen LogP contribution < -0.4 is 15.0 Å². The van der Waals surface area contributed by atoms with E-state index >= 15 is 0 Å². The number of hydrogen-bond donors (Lipinski definition) is 1. The fraction of sp³-hybridized carbons (Fsp3) is 0.200. The molecule has 4 rings (SSSR count). The minimum absolute atomic E-state index is 0.234. The minimum atomic E-state index is -4.58. The molecule has 150 valence electrons. The Balaban J connectivity index is 1.60. The Morgan fingerprint density at radius 2 is 2.07 bits per heavy atom. The quantitative estimate of drug-likeness (QED) is 0.616. The van der Waals surface area contributed by atoms with Gasteiger partial charge in [-0.15, -0.1) is 0 Å². The number of thiophene rings is 1. The van der Waals surface area contributed by atoms with Crippen LogP contribution in [0.25, 0.3) is 11.1 Å². The van der Waals surface area contributed by atoms with Crippen molar-refractivity contribution >= 4 is 28.7 Å². The number of pyridine rings is 1. The van der Waals surface area contributed by atoms with E-state index in [0.29, 0.717) is 17.7 Å². The highest BCUT2D eigenvalue weighted by atomic mass is 32.1. The first-order valence-electron chi connectivity index (χ1n) is 8.71. The standard InChI is InChI=1S/C20H16F3N3O2S/c1-28-18-7-12-2-4-26(17(12)8-16(18)20(21,22)23)19(27)25-15-6-14(9-24-10-15)13-3-5-29-11-13/h3,5-11H,2,4H2,1H3,(H,25,27). The monoisotopic (exact) mass is 419 g/mol. The van der Waals surface area contributed by atoms with E-state index in [2.05, 4.69) is 10.3 Å². The van der Waals surface area contributed by atoms with Gasteiger partial charge in [0.05, 0.1) is 24.6 Å². The average molecular weight is 419 g/mol. The summed E-state index contributed by atoms with van der Waals surface area (Å²) in [6.45, 7) is 0.281. The van der Waals surface area contributed by atoms with Gasteiger partial charge in [0.15, 0.2) is 0 Å². The number of urea groups is 1. The average Bonchev–Trinajstić information content (AvgIpc) is 3.36. The predicted octanol–water partition coefficient (Wildman–Crippen LogP) is 5.43. The molecule has 9 heteroatoms. The molecule has 1 N–H and O–H groups in total. The summed E-state index contributed by atoms with van der Waals surface area (Å²) in [6, 6.07) is 5.53.